The van der Waals surface area contributed by atoms with Gasteiger partial charge in [0.2, 0.25) is 0 Å². The molecule has 0 unspecified atom stereocenters. The molecule has 30 heavy (non-hydrogen) atoms. The van der Waals surface area contributed by atoms with Crippen molar-refractivity contribution in [1.29, 1.82) is 0 Å². The van der Waals surface area contributed by atoms with E-state index in [1.165, 1.54) is 24.4 Å². The third-order valence-corrected chi connectivity index (χ3v) is 4.47. The number of benzene rings is 1. The molecular formula is C21H15ClFN5O2. The fourth-order valence-electron chi connectivity index (χ4n) is 2.91. The predicted molar refractivity (Wildman–Crippen MR) is 113 cm³/mol. The van der Waals surface area contributed by atoms with Crippen LogP contribution in [0.2, 0.25) is 5.02 Å². The van der Waals surface area contributed by atoms with Crippen LogP contribution < -0.4 is 10.6 Å². The number of aliphatic hydroxyl groups is 1. The summed E-state index contributed by atoms with van der Waals surface area (Å²) >= 11 is 6.04. The van der Waals surface area contributed by atoms with Gasteiger partial charge in [0.1, 0.15) is 18.2 Å². The first-order valence-electron chi connectivity index (χ1n) is 8.88. The van der Waals surface area contributed by atoms with E-state index in [9.17, 15) is 9.18 Å². The van der Waals surface area contributed by atoms with Gasteiger partial charge in [-0.15, -0.1) is 0 Å². The predicted octanol–water partition coefficient (Wildman–Crippen LogP) is 4.16. The number of carbonyl (C=O) groups excluding carboxylic acids is 1. The van der Waals surface area contributed by atoms with Crippen molar-refractivity contribution in [3.05, 3.63) is 71.8 Å². The number of nitrogens with zero attached hydrogens (tertiary/aromatic N) is 3. The number of aromatic nitrogens is 3. The molecule has 3 heterocycles. The number of hydrogen-bond donors (Lipinski definition) is 3. The van der Waals surface area contributed by atoms with Crippen LogP contribution in [-0.4, -0.2) is 32.6 Å². The number of rotatable bonds is 5. The number of fused-ring (bicyclic) bond motifs is 1. The van der Waals surface area contributed by atoms with E-state index in [1.807, 2.05) is 6.07 Å². The van der Waals surface area contributed by atoms with E-state index in [4.69, 9.17) is 16.7 Å². The summed E-state index contributed by atoms with van der Waals surface area (Å²) in [6.45, 7) is -0.644. The number of pyridine rings is 3. The van der Waals surface area contributed by atoms with Crippen molar-refractivity contribution in [2.75, 3.05) is 17.2 Å². The molecule has 150 valence electrons. The molecule has 4 aromatic rings. The molecule has 4 rings (SSSR count). The van der Waals surface area contributed by atoms with Crippen molar-refractivity contribution in [3.8, 4) is 11.3 Å². The molecule has 0 saturated carbocycles. The zero-order valence-electron chi connectivity index (χ0n) is 15.4. The highest BCUT2D eigenvalue weighted by molar-refractivity contribution is 6.30. The number of carbonyl (C=O) groups is 1. The molecular weight excluding hydrogens is 409 g/mol. The zero-order valence-corrected chi connectivity index (χ0v) is 16.2. The molecule has 1 amide bonds. The average molecular weight is 424 g/mol. The molecule has 0 spiro atoms. The molecule has 3 N–H and O–H groups in total. The van der Waals surface area contributed by atoms with Crippen LogP contribution in [0.4, 0.5) is 21.6 Å². The largest absolute Gasteiger partial charge is 0.387 e. The summed E-state index contributed by atoms with van der Waals surface area (Å²) in [5.41, 5.74) is 2.30. The smallest absolute Gasteiger partial charge is 0.251 e. The number of nitrogens with one attached hydrogen (secondary N) is 2. The summed E-state index contributed by atoms with van der Waals surface area (Å²) in [4.78, 5) is 24.2. The minimum atomic E-state index is -0.644. The third-order valence-electron chi connectivity index (χ3n) is 4.24. The number of anilines is 3. The Hall–Kier alpha value is -3.62. The highest BCUT2D eigenvalue weighted by Crippen LogP contribution is 2.32. The molecule has 0 atom stereocenters. The van der Waals surface area contributed by atoms with Gasteiger partial charge in [0, 0.05) is 40.1 Å². The molecule has 0 bridgehead atoms. The van der Waals surface area contributed by atoms with Gasteiger partial charge in [-0.1, -0.05) is 11.6 Å². The van der Waals surface area contributed by atoms with Crippen LogP contribution in [-0.2, 0) is 4.79 Å². The maximum Gasteiger partial charge on any atom is 0.251 e. The minimum Gasteiger partial charge on any atom is -0.387 e. The summed E-state index contributed by atoms with van der Waals surface area (Å²) in [6, 6.07) is 12.9. The molecule has 0 saturated heterocycles. The Kier molecular flexibility index (Phi) is 5.51. The normalized spacial score (nSPS) is 10.8. The van der Waals surface area contributed by atoms with Crippen LogP contribution in [0.15, 0.2) is 60.9 Å². The van der Waals surface area contributed by atoms with Crippen molar-refractivity contribution in [3.63, 3.8) is 0 Å². The summed E-state index contributed by atoms with van der Waals surface area (Å²) in [5, 5.41) is 15.7. The molecule has 1 aromatic carbocycles. The highest BCUT2D eigenvalue weighted by atomic mass is 35.5. The molecule has 0 aliphatic carbocycles. The molecule has 0 radical (unpaired) electrons. The summed E-state index contributed by atoms with van der Waals surface area (Å²) in [6.07, 6.45) is 3.11. The first-order valence-corrected chi connectivity index (χ1v) is 9.26. The van der Waals surface area contributed by atoms with Crippen molar-refractivity contribution >= 4 is 45.7 Å². The molecule has 7 nitrogen and oxygen atoms in total. The minimum absolute atomic E-state index is 0.253. The maximum absolute atomic E-state index is 14.4. The van der Waals surface area contributed by atoms with Gasteiger partial charge >= 0.3 is 0 Å². The van der Waals surface area contributed by atoms with Gasteiger partial charge in [-0.05, 0) is 42.5 Å². The zero-order chi connectivity index (χ0) is 21.1. The number of aliphatic hydroxyl groups excluding tert-OH is 1. The monoisotopic (exact) mass is 423 g/mol. The van der Waals surface area contributed by atoms with Crippen LogP contribution in [0, 0.1) is 5.82 Å². The van der Waals surface area contributed by atoms with E-state index in [0.717, 1.165) is 5.39 Å². The average Bonchev–Trinajstić information content (AvgIpc) is 2.75. The van der Waals surface area contributed by atoms with E-state index in [1.54, 1.807) is 30.5 Å². The Morgan fingerprint density at radius 3 is 2.80 bits per heavy atom. The topological polar surface area (TPSA) is 100 Å². The van der Waals surface area contributed by atoms with Gasteiger partial charge in [-0.3, -0.25) is 4.79 Å². The second-order valence-electron chi connectivity index (χ2n) is 6.31. The Morgan fingerprint density at radius 1 is 1.10 bits per heavy atom. The van der Waals surface area contributed by atoms with Crippen molar-refractivity contribution in [2.45, 2.75) is 0 Å². The van der Waals surface area contributed by atoms with Crippen LogP contribution in [0.5, 0.6) is 0 Å². The molecule has 0 aliphatic heterocycles. The summed E-state index contributed by atoms with van der Waals surface area (Å²) in [7, 11) is 0. The van der Waals surface area contributed by atoms with Gasteiger partial charge in [-0.25, -0.2) is 19.3 Å². The second kappa shape index (κ2) is 8.40. The summed E-state index contributed by atoms with van der Waals surface area (Å²) < 4.78 is 14.4. The number of halogens is 2. The Labute approximate surface area is 175 Å². The van der Waals surface area contributed by atoms with E-state index < -0.39 is 18.3 Å². The van der Waals surface area contributed by atoms with Gasteiger partial charge in [0.05, 0.1) is 11.4 Å². The number of amides is 1. The second-order valence-corrected chi connectivity index (χ2v) is 6.75. The Balaban J connectivity index is 1.78. The van der Waals surface area contributed by atoms with Crippen LogP contribution in [0.3, 0.4) is 0 Å². The van der Waals surface area contributed by atoms with Crippen molar-refractivity contribution in [1.82, 2.24) is 15.0 Å². The lowest BCUT2D eigenvalue weighted by Gasteiger charge is -2.13. The summed E-state index contributed by atoms with van der Waals surface area (Å²) in [5.74, 6) is -0.750. The lowest BCUT2D eigenvalue weighted by atomic mass is 10.1. The fourth-order valence-corrected chi connectivity index (χ4v) is 3.08. The van der Waals surface area contributed by atoms with E-state index in [0.29, 0.717) is 27.7 Å². The standard InChI is InChI=1S/C21H15ClFN5O2/c22-12-3-4-16(23)15(8-12)18-10-17(14-2-1-6-25-21(14)27-18)26-13-5-7-24-19(9-13)28-20(30)11-29/h1-10,29H,11H2,(H2,24,25,26,27,28,30). The highest BCUT2D eigenvalue weighted by Gasteiger charge is 2.13. The van der Waals surface area contributed by atoms with Crippen molar-refractivity contribution < 1.29 is 14.3 Å². The number of hydrogen-bond acceptors (Lipinski definition) is 6. The van der Waals surface area contributed by atoms with E-state index >= 15 is 0 Å². The van der Waals surface area contributed by atoms with Gasteiger partial charge in [0.15, 0.2) is 5.65 Å². The Bertz CT molecular complexity index is 1250. The molecule has 9 heteroatoms. The van der Waals surface area contributed by atoms with Gasteiger partial charge < -0.3 is 15.7 Å². The molecule has 3 aromatic heterocycles. The molecule has 0 aliphatic rings. The Morgan fingerprint density at radius 2 is 1.97 bits per heavy atom. The quantitative estimate of drug-likeness (QED) is 0.445. The van der Waals surface area contributed by atoms with Crippen LogP contribution in [0.1, 0.15) is 0 Å². The van der Waals surface area contributed by atoms with Gasteiger partial charge in [0.25, 0.3) is 5.91 Å². The van der Waals surface area contributed by atoms with Gasteiger partial charge in [-0.2, -0.15) is 0 Å². The fraction of sp³-hybridized carbons (Fsp3) is 0.0476. The van der Waals surface area contributed by atoms with E-state index in [2.05, 4.69) is 25.6 Å². The van der Waals surface area contributed by atoms with E-state index in [-0.39, 0.29) is 11.4 Å². The lowest BCUT2D eigenvalue weighted by molar-refractivity contribution is -0.118. The van der Waals surface area contributed by atoms with Crippen LogP contribution in [0.25, 0.3) is 22.3 Å². The van der Waals surface area contributed by atoms with Crippen LogP contribution >= 0.6 is 11.6 Å². The first kappa shape index (κ1) is 19.7. The SMILES string of the molecule is O=C(CO)Nc1cc(Nc2cc(-c3cc(Cl)ccc3F)nc3ncccc23)ccn1. The third kappa shape index (κ3) is 4.19. The lowest BCUT2D eigenvalue weighted by Crippen LogP contribution is -2.16. The van der Waals surface area contributed by atoms with Crippen molar-refractivity contribution in [2.24, 2.45) is 0 Å². The molecule has 0 fully saturated rings. The first-order chi connectivity index (χ1) is 14.5. The maximum atomic E-state index is 14.4.